The van der Waals surface area contributed by atoms with Crippen LogP contribution >= 0.6 is 0 Å². The molecule has 0 amide bonds. The van der Waals surface area contributed by atoms with Gasteiger partial charge < -0.3 is 0 Å². The molecule has 0 unspecified atom stereocenters. The molecular weight excluding hydrogens is 270 g/mol. The van der Waals surface area contributed by atoms with Crippen molar-refractivity contribution in [2.24, 2.45) is 31.2 Å². The molecule has 114 valence electrons. The fourth-order valence-corrected chi connectivity index (χ4v) is 4.28. The molecule has 1 fully saturated rings. The molecule has 6 nitrogen and oxygen atoms in total. The van der Waals surface area contributed by atoms with Gasteiger partial charge in [0.25, 0.3) is 0 Å². The average Bonchev–Trinajstić information content (AvgIpc) is 2.39. The van der Waals surface area contributed by atoms with Crippen molar-refractivity contribution in [2.45, 2.75) is 40.0 Å². The summed E-state index contributed by atoms with van der Waals surface area (Å²) in [4.78, 5) is 42.5. The van der Waals surface area contributed by atoms with E-state index in [0.29, 0.717) is 19.6 Å². The molecule has 0 saturated heterocycles. The number of carbonyl (C=O) groups excluding carboxylic acids is 3. The largest absolute Gasteiger partial charge is 0.234 e. The second-order valence-corrected chi connectivity index (χ2v) is 7.18. The summed E-state index contributed by atoms with van der Waals surface area (Å²) < 4.78 is 0. The minimum Gasteiger partial charge on any atom is -0.211 e. The lowest BCUT2D eigenvalue weighted by Crippen LogP contribution is -2.46. The quantitative estimate of drug-likeness (QED) is 0.555. The van der Waals surface area contributed by atoms with E-state index >= 15 is 0 Å². The SMILES string of the molecule is CC1(CN=C=O)CC(C)(CN=C=O)CC(C)(CN=C=O)C1. The van der Waals surface area contributed by atoms with Crippen LogP contribution in [0.25, 0.3) is 0 Å². The minimum atomic E-state index is -0.212. The van der Waals surface area contributed by atoms with Crippen LogP contribution in [0.5, 0.6) is 0 Å². The van der Waals surface area contributed by atoms with Gasteiger partial charge in [0.15, 0.2) is 0 Å². The highest BCUT2D eigenvalue weighted by Gasteiger charge is 2.48. The Morgan fingerprint density at radius 3 is 1.10 bits per heavy atom. The molecule has 6 heteroatoms. The smallest absolute Gasteiger partial charge is 0.211 e. The highest BCUT2D eigenvalue weighted by Crippen LogP contribution is 2.54. The first kappa shape index (κ1) is 17.2. The Balaban J connectivity index is 3.10. The zero-order valence-electron chi connectivity index (χ0n) is 12.8. The van der Waals surface area contributed by atoms with Crippen molar-refractivity contribution in [1.29, 1.82) is 0 Å². The molecule has 0 heterocycles. The van der Waals surface area contributed by atoms with Crippen molar-refractivity contribution in [3.63, 3.8) is 0 Å². The predicted octanol–water partition coefficient (Wildman–Crippen LogP) is 2.20. The van der Waals surface area contributed by atoms with Gasteiger partial charge in [0.05, 0.1) is 19.6 Å². The summed E-state index contributed by atoms with van der Waals surface area (Å²) in [6, 6.07) is 0. The van der Waals surface area contributed by atoms with E-state index in [1.54, 1.807) is 18.2 Å². The second-order valence-electron chi connectivity index (χ2n) is 7.18. The zero-order valence-corrected chi connectivity index (χ0v) is 12.8. The first-order valence-electron chi connectivity index (χ1n) is 6.91. The molecule has 0 spiro atoms. The Labute approximate surface area is 124 Å². The summed E-state index contributed by atoms with van der Waals surface area (Å²) in [5.41, 5.74) is -0.637. The van der Waals surface area contributed by atoms with Gasteiger partial charge >= 0.3 is 0 Å². The van der Waals surface area contributed by atoms with E-state index < -0.39 is 0 Å². The summed E-state index contributed by atoms with van der Waals surface area (Å²) in [5.74, 6) is 0. The van der Waals surface area contributed by atoms with E-state index in [9.17, 15) is 14.4 Å². The van der Waals surface area contributed by atoms with Crippen LogP contribution in [-0.4, -0.2) is 37.9 Å². The fourth-order valence-electron chi connectivity index (χ4n) is 4.28. The minimum absolute atomic E-state index is 0.212. The normalized spacial score (nSPS) is 35.0. The molecule has 1 saturated carbocycles. The van der Waals surface area contributed by atoms with Crippen molar-refractivity contribution < 1.29 is 14.4 Å². The van der Waals surface area contributed by atoms with Gasteiger partial charge in [-0.15, -0.1) is 0 Å². The molecule has 0 bridgehead atoms. The molecule has 1 aliphatic carbocycles. The summed E-state index contributed by atoms with van der Waals surface area (Å²) in [6.07, 6.45) is 7.12. The Bertz CT molecular complexity index is 442. The van der Waals surface area contributed by atoms with Crippen LogP contribution in [-0.2, 0) is 14.4 Å². The third-order valence-corrected chi connectivity index (χ3v) is 4.14. The van der Waals surface area contributed by atoms with Crippen LogP contribution < -0.4 is 0 Å². The van der Waals surface area contributed by atoms with Gasteiger partial charge in [0.2, 0.25) is 18.2 Å². The van der Waals surface area contributed by atoms with Crippen molar-refractivity contribution >= 4 is 18.2 Å². The van der Waals surface area contributed by atoms with Crippen LogP contribution in [0, 0.1) is 16.2 Å². The number of aliphatic imine (C=N–C) groups is 3. The maximum absolute atomic E-state index is 10.4. The predicted molar refractivity (Wildman–Crippen MR) is 77.1 cm³/mol. The lowest BCUT2D eigenvalue weighted by Gasteiger charge is -2.51. The summed E-state index contributed by atoms with van der Waals surface area (Å²) >= 11 is 0. The molecular formula is C15H21N3O3. The van der Waals surface area contributed by atoms with Crippen molar-refractivity contribution in [3.05, 3.63) is 0 Å². The van der Waals surface area contributed by atoms with Gasteiger partial charge in [-0.05, 0) is 35.5 Å². The van der Waals surface area contributed by atoms with Gasteiger partial charge in [-0.3, -0.25) is 0 Å². The molecule has 0 N–H and O–H groups in total. The Hall–Kier alpha value is -1.86. The topological polar surface area (TPSA) is 88.3 Å². The first-order chi connectivity index (χ1) is 9.80. The van der Waals surface area contributed by atoms with Gasteiger partial charge in [0.1, 0.15) is 0 Å². The number of rotatable bonds is 6. The standard InChI is InChI=1S/C15H21N3O3/c1-13(7-16-10-19)4-14(2,8-17-11-20)6-15(3,5-13)9-18-12-21/h4-9H2,1-3H3. The zero-order chi connectivity index (χ0) is 16.0. The van der Waals surface area contributed by atoms with Crippen molar-refractivity contribution in [2.75, 3.05) is 19.6 Å². The molecule has 0 atom stereocenters. The number of hydrogen-bond acceptors (Lipinski definition) is 6. The second kappa shape index (κ2) is 6.73. The molecule has 0 aliphatic heterocycles. The molecule has 0 radical (unpaired) electrons. The van der Waals surface area contributed by atoms with Gasteiger partial charge in [0, 0.05) is 0 Å². The fraction of sp³-hybridized carbons (Fsp3) is 0.800. The first-order valence-corrected chi connectivity index (χ1v) is 6.91. The molecule has 0 aromatic carbocycles. The Kier molecular flexibility index (Phi) is 5.51. The molecule has 0 aromatic rings. The number of nitrogens with zero attached hydrogens (tertiary/aromatic N) is 3. The van der Waals surface area contributed by atoms with Crippen LogP contribution in [0.2, 0.25) is 0 Å². The number of isocyanates is 3. The monoisotopic (exact) mass is 291 g/mol. The van der Waals surface area contributed by atoms with Crippen LogP contribution in [0.1, 0.15) is 40.0 Å². The highest BCUT2D eigenvalue weighted by molar-refractivity contribution is 5.34. The van der Waals surface area contributed by atoms with Gasteiger partial charge in [-0.25, -0.2) is 29.4 Å². The summed E-state index contributed by atoms with van der Waals surface area (Å²) in [5, 5.41) is 0. The third-order valence-electron chi connectivity index (χ3n) is 4.14. The van der Waals surface area contributed by atoms with E-state index in [2.05, 4.69) is 35.7 Å². The third kappa shape index (κ3) is 4.87. The van der Waals surface area contributed by atoms with Crippen LogP contribution in [0.4, 0.5) is 0 Å². The molecule has 1 aliphatic rings. The lowest BCUT2D eigenvalue weighted by atomic mass is 9.54. The molecule has 21 heavy (non-hydrogen) atoms. The summed E-state index contributed by atoms with van der Waals surface area (Å²) in [6.45, 7) is 7.28. The summed E-state index contributed by atoms with van der Waals surface area (Å²) in [7, 11) is 0. The van der Waals surface area contributed by atoms with E-state index in [0.717, 1.165) is 19.3 Å². The van der Waals surface area contributed by atoms with Crippen LogP contribution in [0.3, 0.4) is 0 Å². The van der Waals surface area contributed by atoms with E-state index in [1.165, 1.54) is 0 Å². The Morgan fingerprint density at radius 2 is 0.905 bits per heavy atom. The van der Waals surface area contributed by atoms with Crippen molar-refractivity contribution in [3.8, 4) is 0 Å². The van der Waals surface area contributed by atoms with E-state index in [4.69, 9.17) is 0 Å². The maximum atomic E-state index is 10.4. The lowest BCUT2D eigenvalue weighted by molar-refractivity contribution is 0.00397. The Morgan fingerprint density at radius 1 is 0.667 bits per heavy atom. The van der Waals surface area contributed by atoms with Gasteiger partial charge in [-0.2, -0.15) is 0 Å². The van der Waals surface area contributed by atoms with E-state index in [-0.39, 0.29) is 16.2 Å². The highest BCUT2D eigenvalue weighted by atomic mass is 16.1. The van der Waals surface area contributed by atoms with Crippen LogP contribution in [0.15, 0.2) is 15.0 Å². The van der Waals surface area contributed by atoms with E-state index in [1.807, 2.05) is 0 Å². The number of hydrogen-bond donors (Lipinski definition) is 0. The maximum Gasteiger partial charge on any atom is 0.234 e. The van der Waals surface area contributed by atoms with Crippen molar-refractivity contribution in [1.82, 2.24) is 0 Å². The molecule has 1 rings (SSSR count). The molecule has 0 aromatic heterocycles. The average molecular weight is 291 g/mol. The van der Waals surface area contributed by atoms with Gasteiger partial charge in [-0.1, -0.05) is 20.8 Å².